The molecule has 7 nitrogen and oxygen atoms in total. The fraction of sp³-hybridized carbons (Fsp3) is 0.412. The summed E-state index contributed by atoms with van der Waals surface area (Å²) in [6.07, 6.45) is 3.59. The smallest absolute Gasteiger partial charge is 0.152 e. The molecule has 0 bridgehead atoms. The highest BCUT2D eigenvalue weighted by molar-refractivity contribution is 5.55. The van der Waals surface area contributed by atoms with Gasteiger partial charge in [0, 0.05) is 37.0 Å². The van der Waals surface area contributed by atoms with Crippen molar-refractivity contribution in [1.29, 1.82) is 10.8 Å². The molecule has 0 fully saturated rings. The lowest BCUT2D eigenvalue weighted by molar-refractivity contribution is 0.0781. The molecule has 2 aromatic rings. The first-order valence-electron chi connectivity index (χ1n) is 7.91. The quantitative estimate of drug-likeness (QED) is 0.584. The minimum Gasteiger partial charge on any atom is -0.386 e. The summed E-state index contributed by atoms with van der Waals surface area (Å²) in [7, 11) is 0. The first-order valence-corrected chi connectivity index (χ1v) is 7.91. The van der Waals surface area contributed by atoms with Gasteiger partial charge < -0.3 is 10.0 Å². The van der Waals surface area contributed by atoms with Gasteiger partial charge in [0.2, 0.25) is 0 Å². The van der Waals surface area contributed by atoms with E-state index in [0.717, 1.165) is 47.5 Å². The number of aryl methyl sites for hydroxylation is 1. The average molecular weight is 326 g/mol. The van der Waals surface area contributed by atoms with Crippen LogP contribution in [-0.4, -0.2) is 32.8 Å². The number of rotatable bonds is 3. The Labute approximate surface area is 140 Å². The van der Waals surface area contributed by atoms with Crippen molar-refractivity contribution in [2.24, 2.45) is 0 Å². The molecule has 0 aromatic carbocycles. The molecule has 0 spiro atoms. The Morgan fingerprint density at radius 3 is 2.75 bits per heavy atom. The van der Waals surface area contributed by atoms with Crippen molar-refractivity contribution in [3.63, 3.8) is 0 Å². The van der Waals surface area contributed by atoms with Crippen LogP contribution in [0.1, 0.15) is 36.2 Å². The molecule has 7 heteroatoms. The molecule has 3 N–H and O–H groups in total. The Morgan fingerprint density at radius 2 is 2.08 bits per heavy atom. The standard InChI is InChI=1S/C17H22N6O/c1-11-6-15(19)23(10-18)21-16(11)22-5-4-14-12(9-22)7-13(8-20-14)17(2,3)24/h6-8,10,18-19,24H,4-5,9H2,1-3H3. The number of hydrogen-bond acceptors (Lipinski definition) is 6. The third kappa shape index (κ3) is 2.94. The van der Waals surface area contributed by atoms with Crippen LogP contribution in [0.4, 0.5) is 5.82 Å². The fourth-order valence-electron chi connectivity index (χ4n) is 2.92. The van der Waals surface area contributed by atoms with Crippen molar-refractivity contribution < 1.29 is 5.11 Å². The van der Waals surface area contributed by atoms with E-state index in [1.807, 2.05) is 13.0 Å². The number of fused-ring (bicyclic) bond motifs is 1. The van der Waals surface area contributed by atoms with Gasteiger partial charge in [-0.3, -0.25) is 15.8 Å². The van der Waals surface area contributed by atoms with Crippen molar-refractivity contribution in [2.45, 2.75) is 39.3 Å². The second-order valence-electron chi connectivity index (χ2n) is 6.67. The van der Waals surface area contributed by atoms with Gasteiger partial charge in [0.05, 0.1) is 5.60 Å². The summed E-state index contributed by atoms with van der Waals surface area (Å²) in [5, 5.41) is 29.8. The summed E-state index contributed by atoms with van der Waals surface area (Å²) in [5.74, 6) is 0.772. The summed E-state index contributed by atoms with van der Waals surface area (Å²) in [6, 6.07) is 3.72. The summed E-state index contributed by atoms with van der Waals surface area (Å²) in [4.78, 5) is 6.64. The second kappa shape index (κ2) is 5.83. The minimum atomic E-state index is -0.922. The molecule has 3 rings (SSSR count). The predicted molar refractivity (Wildman–Crippen MR) is 91.2 cm³/mol. The zero-order chi connectivity index (χ0) is 17.5. The normalized spacial score (nSPS) is 14.4. The minimum absolute atomic E-state index is 0.189. The van der Waals surface area contributed by atoms with Gasteiger partial charge in [0.15, 0.2) is 5.82 Å². The third-order valence-electron chi connectivity index (χ3n) is 4.32. The Kier molecular flexibility index (Phi) is 3.96. The predicted octanol–water partition coefficient (Wildman–Crippen LogP) is 1.31. The molecular weight excluding hydrogens is 304 g/mol. The van der Waals surface area contributed by atoms with Crippen molar-refractivity contribution in [3.8, 4) is 0 Å². The van der Waals surface area contributed by atoms with Gasteiger partial charge in [-0.2, -0.15) is 0 Å². The number of aliphatic hydroxyl groups is 1. The zero-order valence-corrected chi connectivity index (χ0v) is 14.2. The van der Waals surface area contributed by atoms with E-state index >= 15 is 0 Å². The summed E-state index contributed by atoms with van der Waals surface area (Å²) < 4.78 is 1.25. The third-order valence-corrected chi connectivity index (χ3v) is 4.32. The molecule has 0 saturated carbocycles. The summed E-state index contributed by atoms with van der Waals surface area (Å²) in [5.41, 5.74) is 3.10. The highest BCUT2D eigenvalue weighted by Gasteiger charge is 2.24. The number of nitrogens with one attached hydrogen (secondary N) is 2. The number of pyridine rings is 1. The second-order valence-corrected chi connectivity index (χ2v) is 6.67. The highest BCUT2D eigenvalue weighted by Crippen LogP contribution is 2.27. The Bertz CT molecular complexity index is 849. The zero-order valence-electron chi connectivity index (χ0n) is 14.2. The van der Waals surface area contributed by atoms with E-state index in [-0.39, 0.29) is 5.49 Å². The van der Waals surface area contributed by atoms with E-state index in [9.17, 15) is 5.11 Å². The van der Waals surface area contributed by atoms with E-state index in [2.05, 4.69) is 15.0 Å². The molecule has 0 amide bonds. The molecule has 0 atom stereocenters. The maximum absolute atomic E-state index is 10.2. The van der Waals surface area contributed by atoms with Crippen LogP contribution in [-0.2, 0) is 18.6 Å². The molecule has 0 radical (unpaired) electrons. The lowest BCUT2D eigenvalue weighted by Gasteiger charge is -2.31. The lowest BCUT2D eigenvalue weighted by atomic mass is 9.95. The van der Waals surface area contributed by atoms with E-state index < -0.39 is 5.60 Å². The van der Waals surface area contributed by atoms with Gasteiger partial charge in [-0.05, 0) is 44.0 Å². The van der Waals surface area contributed by atoms with Gasteiger partial charge in [-0.1, -0.05) is 0 Å². The molecule has 0 saturated heterocycles. The average Bonchev–Trinajstić information content (AvgIpc) is 2.53. The largest absolute Gasteiger partial charge is 0.386 e. The maximum Gasteiger partial charge on any atom is 0.152 e. The first kappa shape index (κ1) is 16.3. The molecule has 1 aliphatic heterocycles. The van der Waals surface area contributed by atoms with Crippen molar-refractivity contribution >= 4 is 12.2 Å². The van der Waals surface area contributed by atoms with Crippen LogP contribution in [0.5, 0.6) is 0 Å². The summed E-state index contributed by atoms with van der Waals surface area (Å²) in [6.45, 7) is 6.86. The lowest BCUT2D eigenvalue weighted by Crippen LogP contribution is -2.35. The van der Waals surface area contributed by atoms with E-state index in [1.165, 1.54) is 4.68 Å². The molecule has 126 valence electrons. The van der Waals surface area contributed by atoms with Crippen LogP contribution in [0.15, 0.2) is 18.3 Å². The van der Waals surface area contributed by atoms with E-state index in [1.54, 1.807) is 26.1 Å². The van der Waals surface area contributed by atoms with Crippen LogP contribution in [0.3, 0.4) is 0 Å². The Morgan fingerprint density at radius 1 is 1.33 bits per heavy atom. The number of hydrogen-bond donors (Lipinski definition) is 3. The molecule has 24 heavy (non-hydrogen) atoms. The number of aromatic nitrogens is 3. The van der Waals surface area contributed by atoms with E-state index in [4.69, 9.17) is 10.8 Å². The molecule has 2 aromatic heterocycles. The molecular formula is C17H22N6O. The van der Waals surface area contributed by atoms with Crippen LogP contribution >= 0.6 is 0 Å². The molecule has 0 unspecified atom stereocenters. The van der Waals surface area contributed by atoms with Gasteiger partial charge in [0.1, 0.15) is 11.8 Å². The SMILES string of the molecule is Cc1cc(=N)n(C=N)nc1N1CCc2ncc(C(C)(C)O)cc2C1. The van der Waals surface area contributed by atoms with Crippen molar-refractivity contribution in [1.82, 2.24) is 14.8 Å². The Hall–Kier alpha value is -2.54. The highest BCUT2D eigenvalue weighted by atomic mass is 16.3. The van der Waals surface area contributed by atoms with Gasteiger partial charge >= 0.3 is 0 Å². The maximum atomic E-state index is 10.2. The fourth-order valence-corrected chi connectivity index (χ4v) is 2.92. The first-order chi connectivity index (χ1) is 11.3. The van der Waals surface area contributed by atoms with Crippen molar-refractivity contribution in [2.75, 3.05) is 11.4 Å². The van der Waals surface area contributed by atoms with Crippen LogP contribution in [0.25, 0.3) is 0 Å². The van der Waals surface area contributed by atoms with E-state index in [0.29, 0.717) is 6.54 Å². The van der Waals surface area contributed by atoms with Crippen LogP contribution in [0.2, 0.25) is 0 Å². The number of nitrogens with zero attached hydrogens (tertiary/aromatic N) is 4. The van der Waals surface area contributed by atoms with Gasteiger partial charge in [0.25, 0.3) is 0 Å². The van der Waals surface area contributed by atoms with Crippen molar-refractivity contribution in [3.05, 3.63) is 46.2 Å². The monoisotopic (exact) mass is 326 g/mol. The number of anilines is 1. The molecule has 0 aliphatic carbocycles. The molecule has 3 heterocycles. The molecule has 1 aliphatic rings. The van der Waals surface area contributed by atoms with Gasteiger partial charge in [-0.15, -0.1) is 5.10 Å². The van der Waals surface area contributed by atoms with Crippen LogP contribution < -0.4 is 10.4 Å². The Balaban J connectivity index is 1.98. The van der Waals surface area contributed by atoms with Gasteiger partial charge in [-0.25, -0.2) is 4.68 Å². The summed E-state index contributed by atoms with van der Waals surface area (Å²) >= 11 is 0. The van der Waals surface area contributed by atoms with Crippen LogP contribution in [0, 0.1) is 17.7 Å². The topological polar surface area (TPSA) is 102 Å².